The Morgan fingerprint density at radius 2 is 1.96 bits per heavy atom. The Hall–Kier alpha value is -2.00. The van der Waals surface area contributed by atoms with Crippen molar-refractivity contribution in [3.63, 3.8) is 0 Å². The average molecular weight is 324 g/mol. The highest BCUT2D eigenvalue weighted by Crippen LogP contribution is 2.26. The summed E-state index contributed by atoms with van der Waals surface area (Å²) in [7, 11) is 0. The highest BCUT2D eigenvalue weighted by molar-refractivity contribution is 5.80. The second-order valence-corrected chi connectivity index (χ2v) is 5.36. The molecule has 1 aliphatic heterocycles. The third-order valence-electron chi connectivity index (χ3n) is 3.81. The van der Waals surface area contributed by atoms with E-state index in [4.69, 9.17) is 14.3 Å². The largest absolute Gasteiger partial charge is 0.423 e. The van der Waals surface area contributed by atoms with Crippen molar-refractivity contribution in [2.75, 3.05) is 11.9 Å². The molecule has 124 valence electrons. The van der Waals surface area contributed by atoms with E-state index in [9.17, 15) is 19.4 Å². The smallest absolute Gasteiger partial charge is 0.336 e. The van der Waals surface area contributed by atoms with Gasteiger partial charge in [0.1, 0.15) is 23.8 Å². The second-order valence-electron chi connectivity index (χ2n) is 5.36. The van der Waals surface area contributed by atoms with Crippen LogP contribution in [0.2, 0.25) is 0 Å². The van der Waals surface area contributed by atoms with Crippen molar-refractivity contribution in [2.45, 2.75) is 30.7 Å². The first-order valence-electron chi connectivity index (χ1n) is 7.06. The first-order chi connectivity index (χ1) is 11.0. The maximum atomic E-state index is 13.9. The molecule has 1 aromatic carbocycles. The second kappa shape index (κ2) is 6.25. The van der Waals surface area contributed by atoms with Crippen molar-refractivity contribution < 1.29 is 28.9 Å². The van der Waals surface area contributed by atoms with E-state index in [-0.39, 0.29) is 0 Å². The Morgan fingerprint density at radius 1 is 1.22 bits per heavy atom. The predicted molar refractivity (Wildman–Crippen MR) is 78.8 cm³/mol. The molecule has 2 aromatic rings. The molecule has 0 radical (unpaired) electrons. The van der Waals surface area contributed by atoms with Gasteiger partial charge in [0.15, 0.2) is 12.5 Å². The zero-order chi connectivity index (χ0) is 16.6. The van der Waals surface area contributed by atoms with Gasteiger partial charge >= 0.3 is 5.63 Å². The van der Waals surface area contributed by atoms with Crippen LogP contribution in [0.1, 0.15) is 0 Å². The zero-order valence-corrected chi connectivity index (χ0v) is 11.9. The van der Waals surface area contributed by atoms with Gasteiger partial charge in [0, 0.05) is 23.2 Å². The van der Waals surface area contributed by atoms with Crippen LogP contribution in [0.3, 0.4) is 0 Å². The molecule has 23 heavy (non-hydrogen) atoms. The monoisotopic (exact) mass is 324 g/mol. The Morgan fingerprint density at radius 3 is 2.70 bits per heavy atom. The topological polar surface area (TPSA) is 112 Å². The van der Waals surface area contributed by atoms with Gasteiger partial charge in [-0.3, -0.25) is 0 Å². The molecule has 0 amide bonds. The number of hydrogen-bond donors (Lipinski definition) is 4. The Bertz CT molecular complexity index is 750. The molecule has 1 fully saturated rings. The number of fused-ring (bicyclic) bond motifs is 1. The SMILES string of the molecule is O=c1ccc2ccc(N[C@H]3C(O)OC(CO)[C@H]([18F])C3O)cc2o1. The standard InChI is InChI=1S/C15H16FNO6/c16-12-10(6-18)23-15(21)13(14(12)20)17-8-3-1-7-2-4-11(19)22-9(7)5-8/h1-5,10,12-15,17-18,20-21H,6H2/t10?,12-,13+,14?,15?/m0/s1/i16-1. The van der Waals surface area contributed by atoms with Gasteiger partial charge in [0.25, 0.3) is 0 Å². The van der Waals surface area contributed by atoms with Crippen molar-refractivity contribution in [3.05, 3.63) is 40.8 Å². The molecule has 0 saturated carbocycles. The van der Waals surface area contributed by atoms with E-state index >= 15 is 0 Å². The Balaban J connectivity index is 1.84. The van der Waals surface area contributed by atoms with Crippen molar-refractivity contribution in [1.29, 1.82) is 0 Å². The molecule has 3 unspecified atom stereocenters. The minimum atomic E-state index is -1.85. The van der Waals surface area contributed by atoms with E-state index in [1.165, 1.54) is 12.1 Å². The number of anilines is 1. The van der Waals surface area contributed by atoms with Crippen LogP contribution in [-0.4, -0.2) is 52.6 Å². The van der Waals surface area contributed by atoms with Gasteiger partial charge in [0.05, 0.1) is 6.61 Å². The van der Waals surface area contributed by atoms with E-state index in [1.807, 2.05) is 0 Å². The van der Waals surface area contributed by atoms with E-state index in [1.54, 1.807) is 18.2 Å². The molecule has 5 atom stereocenters. The summed E-state index contributed by atoms with van der Waals surface area (Å²) in [5.41, 5.74) is 0.215. The number of alkyl halides is 1. The van der Waals surface area contributed by atoms with Gasteiger partial charge in [-0.25, -0.2) is 9.18 Å². The zero-order valence-electron chi connectivity index (χ0n) is 11.9. The summed E-state index contributed by atoms with van der Waals surface area (Å²) in [6.45, 7) is -0.650. The number of aliphatic hydroxyl groups excluding tert-OH is 3. The third-order valence-corrected chi connectivity index (χ3v) is 3.81. The van der Waals surface area contributed by atoms with Crippen molar-refractivity contribution in [3.8, 4) is 0 Å². The fraction of sp³-hybridized carbons (Fsp3) is 0.400. The number of rotatable bonds is 3. The fourth-order valence-corrected chi connectivity index (χ4v) is 2.57. The lowest BCUT2D eigenvalue weighted by Crippen LogP contribution is -2.59. The first-order valence-corrected chi connectivity index (χ1v) is 7.06. The lowest BCUT2D eigenvalue weighted by molar-refractivity contribution is -0.230. The van der Waals surface area contributed by atoms with Crippen molar-refractivity contribution in [1.82, 2.24) is 0 Å². The molecule has 1 saturated heterocycles. The van der Waals surface area contributed by atoms with E-state index in [0.717, 1.165) is 0 Å². The van der Waals surface area contributed by atoms with Crippen LogP contribution >= 0.6 is 0 Å². The summed E-state index contributed by atoms with van der Waals surface area (Å²) in [5.74, 6) is 0. The molecule has 0 bridgehead atoms. The minimum absolute atomic E-state index is 0.313. The Kier molecular flexibility index (Phi) is 4.31. The summed E-state index contributed by atoms with van der Waals surface area (Å²) in [4.78, 5) is 11.2. The van der Waals surface area contributed by atoms with E-state index in [2.05, 4.69) is 5.32 Å². The summed E-state index contributed by atoms with van der Waals surface area (Å²) < 4.78 is 23.9. The summed E-state index contributed by atoms with van der Waals surface area (Å²) in [5, 5.41) is 32.3. The molecule has 7 nitrogen and oxygen atoms in total. The van der Waals surface area contributed by atoms with E-state index in [0.29, 0.717) is 16.7 Å². The van der Waals surface area contributed by atoms with Crippen LogP contribution in [0.4, 0.5) is 10.1 Å². The van der Waals surface area contributed by atoms with Gasteiger partial charge < -0.3 is 29.8 Å². The lowest BCUT2D eigenvalue weighted by Gasteiger charge is -2.39. The van der Waals surface area contributed by atoms with Crippen LogP contribution < -0.4 is 10.9 Å². The molecule has 1 aromatic heterocycles. The summed E-state index contributed by atoms with van der Waals surface area (Å²) >= 11 is 0. The third kappa shape index (κ3) is 3.06. The summed E-state index contributed by atoms with van der Waals surface area (Å²) in [6, 6.07) is 6.56. The minimum Gasteiger partial charge on any atom is -0.423 e. The van der Waals surface area contributed by atoms with Gasteiger partial charge in [-0.15, -0.1) is 0 Å². The lowest BCUT2D eigenvalue weighted by atomic mass is 9.97. The molecule has 1 aliphatic rings. The van der Waals surface area contributed by atoms with Crippen LogP contribution in [0.25, 0.3) is 11.0 Å². The van der Waals surface area contributed by atoms with E-state index < -0.39 is 42.9 Å². The van der Waals surface area contributed by atoms with Crippen LogP contribution in [0.5, 0.6) is 0 Å². The maximum absolute atomic E-state index is 13.9. The number of benzene rings is 1. The molecule has 0 aliphatic carbocycles. The maximum Gasteiger partial charge on any atom is 0.336 e. The van der Waals surface area contributed by atoms with Gasteiger partial charge in [-0.1, -0.05) is 0 Å². The molecule has 2 heterocycles. The normalized spacial score (nSPS) is 31.2. The van der Waals surface area contributed by atoms with Crippen LogP contribution in [0, 0.1) is 0 Å². The van der Waals surface area contributed by atoms with Crippen molar-refractivity contribution >= 4 is 16.7 Å². The first kappa shape index (κ1) is 15.9. The number of ether oxygens (including phenoxy) is 1. The molecule has 4 N–H and O–H groups in total. The number of aliphatic hydroxyl groups is 3. The highest BCUT2D eigenvalue weighted by Gasteiger charge is 2.44. The average Bonchev–Trinajstić information content (AvgIpc) is 2.54. The molecule has 3 rings (SSSR count). The van der Waals surface area contributed by atoms with Gasteiger partial charge in [-0.05, 0) is 18.2 Å². The number of nitrogens with one attached hydrogen (secondary N) is 1. The fourth-order valence-electron chi connectivity index (χ4n) is 2.57. The summed E-state index contributed by atoms with van der Waals surface area (Å²) in [6.07, 6.45) is -6.21. The molecule has 8 heteroatoms. The van der Waals surface area contributed by atoms with Gasteiger partial charge in [0.2, 0.25) is 0 Å². The quantitative estimate of drug-likeness (QED) is 0.587. The van der Waals surface area contributed by atoms with Crippen LogP contribution in [0.15, 0.2) is 39.5 Å². The van der Waals surface area contributed by atoms with Crippen molar-refractivity contribution in [2.24, 2.45) is 0 Å². The highest BCUT2D eigenvalue weighted by atomic mass is 18.2. The molecular weight excluding hydrogens is 308 g/mol. The molecular formula is C15H16FNO6. The number of halogens is 1. The van der Waals surface area contributed by atoms with Crippen LogP contribution in [-0.2, 0) is 4.74 Å². The predicted octanol–water partition coefficient (Wildman–Crippen LogP) is -0.0180. The number of hydrogen-bond acceptors (Lipinski definition) is 7. The van der Waals surface area contributed by atoms with Gasteiger partial charge in [-0.2, -0.15) is 0 Å². The molecule has 0 spiro atoms. The Labute approximate surface area is 129 Å².